The zero-order valence-electron chi connectivity index (χ0n) is 11.1. The molecule has 1 aliphatic heterocycles. The fraction of sp³-hybridized carbons (Fsp3) is 0.667. The summed E-state index contributed by atoms with van der Waals surface area (Å²) in [6.45, 7) is 3.56. The van der Waals surface area contributed by atoms with Crippen LogP contribution in [-0.4, -0.2) is 46.1 Å². The van der Waals surface area contributed by atoms with Crippen molar-refractivity contribution in [3.63, 3.8) is 0 Å². The van der Waals surface area contributed by atoms with Gasteiger partial charge in [0.25, 0.3) is 5.91 Å². The van der Waals surface area contributed by atoms with Crippen LogP contribution in [0.2, 0.25) is 0 Å². The molecule has 0 bridgehead atoms. The van der Waals surface area contributed by atoms with E-state index in [4.69, 9.17) is 0 Å². The topological polar surface area (TPSA) is 81.9 Å². The number of rotatable bonds is 3. The number of hydrogen-bond donors (Lipinski definition) is 1. The minimum Gasteiger partial charge on any atom is -0.333 e. The Balaban J connectivity index is 2.11. The highest BCUT2D eigenvalue weighted by atomic mass is 32.1. The number of amides is 1. The highest BCUT2D eigenvalue weighted by Gasteiger charge is 2.36. The van der Waals surface area contributed by atoms with Crippen LogP contribution in [0.1, 0.15) is 35.1 Å². The molecule has 6 nitrogen and oxygen atoms in total. The maximum absolute atomic E-state index is 12.3. The van der Waals surface area contributed by atoms with E-state index in [1.54, 1.807) is 0 Å². The summed E-state index contributed by atoms with van der Waals surface area (Å²) in [4.78, 5) is 14.9. The van der Waals surface area contributed by atoms with Crippen molar-refractivity contribution in [2.75, 3.05) is 20.1 Å². The van der Waals surface area contributed by atoms with Gasteiger partial charge in [-0.2, -0.15) is 5.26 Å². The van der Waals surface area contributed by atoms with Gasteiger partial charge in [0.2, 0.25) is 0 Å². The molecule has 1 aromatic heterocycles. The molecule has 1 aliphatic rings. The Hall–Kier alpha value is -1.52. The number of nitrogens with zero attached hydrogens (tertiary/aromatic N) is 4. The van der Waals surface area contributed by atoms with Crippen molar-refractivity contribution >= 4 is 17.4 Å². The van der Waals surface area contributed by atoms with Gasteiger partial charge in [-0.1, -0.05) is 11.4 Å². The largest absolute Gasteiger partial charge is 0.333 e. The van der Waals surface area contributed by atoms with Crippen molar-refractivity contribution in [3.8, 4) is 6.07 Å². The first-order valence-corrected chi connectivity index (χ1v) is 7.11. The molecular weight excluding hydrogens is 262 g/mol. The van der Waals surface area contributed by atoms with Crippen LogP contribution in [0.5, 0.6) is 0 Å². The standard InChI is InChI=1S/C12H17N5OS/c1-3-9-10(19-16-15-9)11(18)14-12(8-13)4-6-17(2)7-5-12/h3-7H2,1-2H3,(H,14,18). The molecule has 1 fully saturated rings. The number of hydrogen-bond acceptors (Lipinski definition) is 6. The van der Waals surface area contributed by atoms with E-state index in [2.05, 4.69) is 25.9 Å². The normalized spacial score (nSPS) is 18.8. The number of carbonyl (C=O) groups is 1. The number of carbonyl (C=O) groups excluding carboxylic acids is 1. The molecule has 0 radical (unpaired) electrons. The average Bonchev–Trinajstić information content (AvgIpc) is 2.90. The molecule has 7 heteroatoms. The predicted octanol–water partition coefficient (Wildman–Crippen LogP) is 0.818. The third-order valence-corrected chi connectivity index (χ3v) is 4.27. The van der Waals surface area contributed by atoms with E-state index in [1.807, 2.05) is 14.0 Å². The van der Waals surface area contributed by atoms with Crippen LogP contribution in [0.15, 0.2) is 0 Å². The molecular formula is C12H17N5OS. The Morgan fingerprint density at radius 2 is 2.26 bits per heavy atom. The van der Waals surface area contributed by atoms with Crippen molar-refractivity contribution in [2.45, 2.75) is 31.7 Å². The van der Waals surface area contributed by atoms with Crippen molar-refractivity contribution in [1.29, 1.82) is 5.26 Å². The third-order valence-electron chi connectivity index (χ3n) is 3.50. The van der Waals surface area contributed by atoms with Gasteiger partial charge in [-0.15, -0.1) is 5.10 Å². The van der Waals surface area contributed by atoms with Gasteiger partial charge in [0, 0.05) is 13.1 Å². The molecule has 0 saturated carbocycles. The van der Waals surface area contributed by atoms with Gasteiger partial charge in [0.15, 0.2) is 0 Å². The zero-order chi connectivity index (χ0) is 13.9. The average molecular weight is 279 g/mol. The van der Waals surface area contributed by atoms with Gasteiger partial charge in [-0.05, 0) is 37.8 Å². The monoisotopic (exact) mass is 279 g/mol. The summed E-state index contributed by atoms with van der Waals surface area (Å²) in [6, 6.07) is 2.27. The summed E-state index contributed by atoms with van der Waals surface area (Å²) >= 11 is 1.09. The van der Waals surface area contributed by atoms with Crippen LogP contribution < -0.4 is 5.32 Å². The molecule has 1 amide bonds. The Morgan fingerprint density at radius 1 is 1.58 bits per heavy atom. The van der Waals surface area contributed by atoms with Gasteiger partial charge in [-0.3, -0.25) is 4.79 Å². The summed E-state index contributed by atoms with van der Waals surface area (Å²) < 4.78 is 3.81. The second-order valence-corrected chi connectivity index (χ2v) is 5.61. The Morgan fingerprint density at radius 3 is 2.84 bits per heavy atom. The summed E-state index contributed by atoms with van der Waals surface area (Å²) in [5, 5.41) is 16.2. The molecule has 0 spiro atoms. The van der Waals surface area contributed by atoms with Crippen LogP contribution in [0.4, 0.5) is 0 Å². The minimum absolute atomic E-state index is 0.224. The van der Waals surface area contributed by atoms with Crippen molar-refractivity contribution < 1.29 is 4.79 Å². The molecule has 0 aliphatic carbocycles. The van der Waals surface area contributed by atoms with E-state index < -0.39 is 5.54 Å². The number of nitrogens with one attached hydrogen (secondary N) is 1. The molecule has 1 saturated heterocycles. The highest BCUT2D eigenvalue weighted by Crippen LogP contribution is 2.22. The van der Waals surface area contributed by atoms with E-state index >= 15 is 0 Å². The van der Waals surface area contributed by atoms with Crippen molar-refractivity contribution in [3.05, 3.63) is 10.6 Å². The third kappa shape index (κ3) is 2.91. The molecule has 0 atom stereocenters. The Labute approximate surface area is 116 Å². The molecule has 102 valence electrons. The first kappa shape index (κ1) is 13.9. The highest BCUT2D eigenvalue weighted by molar-refractivity contribution is 7.08. The Kier molecular flexibility index (Phi) is 4.12. The molecule has 1 N–H and O–H groups in total. The van der Waals surface area contributed by atoms with Gasteiger partial charge in [0.1, 0.15) is 10.4 Å². The molecule has 2 rings (SSSR count). The smallest absolute Gasteiger partial charge is 0.266 e. The summed E-state index contributed by atoms with van der Waals surface area (Å²) in [5.41, 5.74) is -0.0537. The summed E-state index contributed by atoms with van der Waals surface area (Å²) in [5.74, 6) is -0.224. The maximum Gasteiger partial charge on any atom is 0.266 e. The second-order valence-electron chi connectivity index (χ2n) is 4.85. The van der Waals surface area contributed by atoms with Crippen molar-refractivity contribution in [1.82, 2.24) is 19.8 Å². The number of aromatic nitrogens is 2. The quantitative estimate of drug-likeness (QED) is 0.885. The van der Waals surface area contributed by atoms with Crippen LogP contribution >= 0.6 is 11.5 Å². The lowest BCUT2D eigenvalue weighted by molar-refractivity contribution is 0.0885. The lowest BCUT2D eigenvalue weighted by Gasteiger charge is -2.35. The number of likely N-dealkylation sites (tertiary alicyclic amines) is 1. The van der Waals surface area contributed by atoms with Crippen LogP contribution in [-0.2, 0) is 6.42 Å². The zero-order valence-corrected chi connectivity index (χ0v) is 12.0. The lowest BCUT2D eigenvalue weighted by Crippen LogP contribution is -2.53. The first-order chi connectivity index (χ1) is 9.10. The molecule has 2 heterocycles. The molecule has 0 aromatic carbocycles. The van der Waals surface area contributed by atoms with Crippen LogP contribution in [0.3, 0.4) is 0 Å². The van der Waals surface area contributed by atoms with E-state index in [-0.39, 0.29) is 5.91 Å². The molecule has 19 heavy (non-hydrogen) atoms. The van der Waals surface area contributed by atoms with E-state index in [1.165, 1.54) is 0 Å². The summed E-state index contributed by atoms with van der Waals surface area (Å²) in [6.07, 6.45) is 1.97. The fourth-order valence-corrected chi connectivity index (χ4v) is 2.80. The predicted molar refractivity (Wildman–Crippen MR) is 71.8 cm³/mol. The number of piperidine rings is 1. The number of nitriles is 1. The van der Waals surface area contributed by atoms with Gasteiger partial charge >= 0.3 is 0 Å². The Bertz CT molecular complexity index is 498. The SMILES string of the molecule is CCc1nnsc1C(=O)NC1(C#N)CCN(C)CC1. The van der Waals surface area contributed by atoms with E-state index in [0.29, 0.717) is 29.8 Å². The van der Waals surface area contributed by atoms with Gasteiger partial charge in [0.05, 0.1) is 11.8 Å². The molecule has 1 aromatic rings. The first-order valence-electron chi connectivity index (χ1n) is 6.34. The van der Waals surface area contributed by atoms with Gasteiger partial charge in [-0.25, -0.2) is 0 Å². The minimum atomic E-state index is -0.751. The number of aryl methyl sites for hydroxylation is 1. The van der Waals surface area contributed by atoms with Gasteiger partial charge < -0.3 is 10.2 Å². The van der Waals surface area contributed by atoms with E-state index in [0.717, 1.165) is 24.6 Å². The fourth-order valence-electron chi connectivity index (χ4n) is 2.15. The van der Waals surface area contributed by atoms with E-state index in [9.17, 15) is 10.1 Å². The second kappa shape index (κ2) is 5.63. The molecule has 0 unspecified atom stereocenters. The van der Waals surface area contributed by atoms with Crippen LogP contribution in [0, 0.1) is 11.3 Å². The van der Waals surface area contributed by atoms with Crippen molar-refractivity contribution in [2.24, 2.45) is 0 Å². The van der Waals surface area contributed by atoms with Crippen LogP contribution in [0.25, 0.3) is 0 Å². The summed E-state index contributed by atoms with van der Waals surface area (Å²) in [7, 11) is 2.02. The maximum atomic E-state index is 12.3. The lowest BCUT2D eigenvalue weighted by atomic mass is 9.89.